The number of rotatable bonds is 5. The smallest absolute Gasteiger partial charge is 0.246 e. The zero-order valence-corrected chi connectivity index (χ0v) is 19.4. The number of piperazine rings is 1. The molecular formula is C27H31N3O4. The molecule has 2 fully saturated rings. The Morgan fingerprint density at radius 3 is 2.35 bits per heavy atom. The molecule has 2 amide bonds. The van der Waals surface area contributed by atoms with Crippen LogP contribution in [-0.4, -0.2) is 72.6 Å². The minimum Gasteiger partial charge on any atom is -0.454 e. The highest BCUT2D eigenvalue weighted by Crippen LogP contribution is 2.33. The lowest BCUT2D eigenvalue weighted by Crippen LogP contribution is -2.51. The Labute approximate surface area is 200 Å². The average molecular weight is 462 g/mol. The molecule has 3 aliphatic rings. The molecule has 0 saturated carbocycles. The number of amides is 2. The van der Waals surface area contributed by atoms with Gasteiger partial charge in [-0.2, -0.15) is 0 Å². The third-order valence-electron chi connectivity index (χ3n) is 6.90. The lowest BCUT2D eigenvalue weighted by Gasteiger charge is -2.38. The number of nitrogens with zero attached hydrogens (tertiary/aromatic N) is 3. The highest BCUT2D eigenvalue weighted by molar-refractivity contribution is 5.92. The van der Waals surface area contributed by atoms with Crippen LogP contribution in [0.15, 0.2) is 54.6 Å². The first-order valence-electron chi connectivity index (χ1n) is 12.1. The number of ether oxygens (including phenoxy) is 2. The maximum Gasteiger partial charge on any atom is 0.246 e. The third-order valence-corrected chi connectivity index (χ3v) is 6.90. The van der Waals surface area contributed by atoms with Crippen LogP contribution in [0.2, 0.25) is 0 Å². The van der Waals surface area contributed by atoms with Crippen molar-refractivity contribution >= 4 is 17.9 Å². The van der Waals surface area contributed by atoms with Gasteiger partial charge in [0.1, 0.15) is 0 Å². The predicted octanol–water partition coefficient (Wildman–Crippen LogP) is 3.01. The number of hydrogen-bond donors (Lipinski definition) is 0. The summed E-state index contributed by atoms with van der Waals surface area (Å²) >= 11 is 0. The van der Waals surface area contributed by atoms with Gasteiger partial charge in [0.25, 0.3) is 0 Å². The summed E-state index contributed by atoms with van der Waals surface area (Å²) in [6.45, 7) is 5.64. The SMILES string of the molecule is O=C(/C=C/c1ccccc1)N1CCC(C(=O)N2CCN(Cc3ccc4c(c3)OCO4)CC2)CC1. The Morgan fingerprint density at radius 1 is 0.853 bits per heavy atom. The maximum absolute atomic E-state index is 13.1. The van der Waals surface area contributed by atoms with Crippen molar-refractivity contribution in [1.29, 1.82) is 0 Å². The lowest BCUT2D eigenvalue weighted by molar-refractivity contribution is -0.141. The van der Waals surface area contributed by atoms with Crippen LogP contribution in [0.25, 0.3) is 6.08 Å². The summed E-state index contributed by atoms with van der Waals surface area (Å²) in [5.74, 6) is 1.90. The average Bonchev–Trinajstić information content (AvgIpc) is 3.36. The summed E-state index contributed by atoms with van der Waals surface area (Å²) < 4.78 is 10.9. The van der Waals surface area contributed by atoms with Crippen molar-refractivity contribution in [2.45, 2.75) is 19.4 Å². The van der Waals surface area contributed by atoms with Crippen molar-refractivity contribution in [1.82, 2.24) is 14.7 Å². The van der Waals surface area contributed by atoms with Gasteiger partial charge in [0.15, 0.2) is 11.5 Å². The molecule has 2 aromatic carbocycles. The van der Waals surface area contributed by atoms with Crippen molar-refractivity contribution in [3.05, 3.63) is 65.7 Å². The molecule has 178 valence electrons. The molecule has 7 nitrogen and oxygen atoms in total. The van der Waals surface area contributed by atoms with E-state index in [2.05, 4.69) is 11.0 Å². The standard InChI is InChI=1S/C27H31N3O4/c31-26(9-7-21-4-2-1-3-5-21)29-12-10-23(11-13-29)27(32)30-16-14-28(15-17-30)19-22-6-8-24-25(18-22)34-20-33-24/h1-9,18,23H,10-17,19-20H2/b9-7+. The Bertz CT molecular complexity index is 1040. The Hall–Kier alpha value is -3.32. The van der Waals surface area contributed by atoms with Crippen LogP contribution in [0.4, 0.5) is 0 Å². The second-order valence-corrected chi connectivity index (χ2v) is 9.13. The summed E-state index contributed by atoms with van der Waals surface area (Å²) in [5, 5.41) is 0. The van der Waals surface area contributed by atoms with Crippen LogP contribution in [0.1, 0.15) is 24.0 Å². The molecule has 0 atom stereocenters. The molecule has 3 heterocycles. The molecule has 3 aliphatic heterocycles. The van der Waals surface area contributed by atoms with Gasteiger partial charge in [-0.3, -0.25) is 14.5 Å². The van der Waals surface area contributed by atoms with E-state index in [0.29, 0.717) is 13.1 Å². The number of carbonyl (C=O) groups is 2. The van der Waals surface area contributed by atoms with Gasteiger partial charge in [-0.05, 0) is 42.2 Å². The molecule has 0 aromatic heterocycles. The van der Waals surface area contributed by atoms with E-state index < -0.39 is 0 Å². The fourth-order valence-electron chi connectivity index (χ4n) is 4.87. The predicted molar refractivity (Wildman–Crippen MR) is 129 cm³/mol. The molecule has 0 aliphatic carbocycles. The van der Waals surface area contributed by atoms with Gasteiger partial charge < -0.3 is 19.3 Å². The van der Waals surface area contributed by atoms with Crippen molar-refractivity contribution in [3.8, 4) is 11.5 Å². The van der Waals surface area contributed by atoms with Gasteiger partial charge in [-0.1, -0.05) is 36.4 Å². The maximum atomic E-state index is 13.1. The van der Waals surface area contributed by atoms with Crippen molar-refractivity contribution in [2.75, 3.05) is 46.1 Å². The first-order valence-corrected chi connectivity index (χ1v) is 12.1. The molecular weight excluding hydrogens is 430 g/mol. The van der Waals surface area contributed by atoms with Gasteiger partial charge in [0.2, 0.25) is 18.6 Å². The monoisotopic (exact) mass is 461 g/mol. The molecule has 0 radical (unpaired) electrons. The summed E-state index contributed by atoms with van der Waals surface area (Å²) in [7, 11) is 0. The van der Waals surface area contributed by atoms with E-state index in [9.17, 15) is 9.59 Å². The van der Waals surface area contributed by atoms with Gasteiger partial charge >= 0.3 is 0 Å². The zero-order chi connectivity index (χ0) is 23.3. The molecule has 34 heavy (non-hydrogen) atoms. The van der Waals surface area contributed by atoms with Crippen LogP contribution in [0, 0.1) is 5.92 Å². The molecule has 7 heteroatoms. The van der Waals surface area contributed by atoms with E-state index in [1.54, 1.807) is 6.08 Å². The number of piperidine rings is 1. The van der Waals surface area contributed by atoms with Gasteiger partial charge in [-0.15, -0.1) is 0 Å². The van der Waals surface area contributed by atoms with E-state index in [1.165, 1.54) is 5.56 Å². The molecule has 0 unspecified atom stereocenters. The first kappa shape index (κ1) is 22.5. The molecule has 0 spiro atoms. The fourth-order valence-corrected chi connectivity index (χ4v) is 4.87. The molecule has 0 N–H and O–H groups in total. The van der Waals surface area contributed by atoms with E-state index in [-0.39, 0.29) is 24.5 Å². The number of fused-ring (bicyclic) bond motifs is 1. The Balaban J connectivity index is 1.06. The molecule has 2 saturated heterocycles. The number of benzene rings is 2. The van der Waals surface area contributed by atoms with E-state index >= 15 is 0 Å². The Morgan fingerprint density at radius 2 is 1.59 bits per heavy atom. The van der Waals surface area contributed by atoms with Crippen molar-refractivity contribution in [3.63, 3.8) is 0 Å². The van der Waals surface area contributed by atoms with Crippen molar-refractivity contribution < 1.29 is 19.1 Å². The van der Waals surface area contributed by atoms with E-state index in [4.69, 9.17) is 9.47 Å². The van der Waals surface area contributed by atoms with Gasteiger partial charge in [0, 0.05) is 57.8 Å². The Kier molecular flexibility index (Phi) is 6.81. The zero-order valence-electron chi connectivity index (χ0n) is 19.4. The van der Waals surface area contributed by atoms with Crippen LogP contribution >= 0.6 is 0 Å². The number of hydrogen-bond acceptors (Lipinski definition) is 5. The van der Waals surface area contributed by atoms with Crippen LogP contribution in [0.3, 0.4) is 0 Å². The molecule has 2 aromatic rings. The van der Waals surface area contributed by atoms with Gasteiger partial charge in [0.05, 0.1) is 0 Å². The molecule has 5 rings (SSSR count). The first-order chi connectivity index (χ1) is 16.7. The highest BCUT2D eigenvalue weighted by Gasteiger charge is 2.31. The summed E-state index contributed by atoms with van der Waals surface area (Å²) in [4.78, 5) is 31.9. The quantitative estimate of drug-likeness (QED) is 0.641. The van der Waals surface area contributed by atoms with Gasteiger partial charge in [-0.25, -0.2) is 0 Å². The lowest BCUT2D eigenvalue weighted by atomic mass is 9.95. The third kappa shape index (κ3) is 5.25. The normalized spacial score (nSPS) is 19.1. The van der Waals surface area contributed by atoms with Crippen LogP contribution in [-0.2, 0) is 16.1 Å². The van der Waals surface area contributed by atoms with Crippen LogP contribution < -0.4 is 9.47 Å². The summed E-state index contributed by atoms with van der Waals surface area (Å²) in [6.07, 6.45) is 4.96. The number of carbonyl (C=O) groups excluding carboxylic acids is 2. The largest absolute Gasteiger partial charge is 0.454 e. The fraction of sp³-hybridized carbons (Fsp3) is 0.407. The van der Waals surface area contributed by atoms with Crippen LogP contribution in [0.5, 0.6) is 11.5 Å². The molecule has 0 bridgehead atoms. The second-order valence-electron chi connectivity index (χ2n) is 9.13. The minimum atomic E-state index is 0.0163. The van der Waals surface area contributed by atoms with E-state index in [1.807, 2.05) is 58.3 Å². The minimum absolute atomic E-state index is 0.0163. The second kappa shape index (κ2) is 10.3. The summed E-state index contributed by atoms with van der Waals surface area (Å²) in [5.41, 5.74) is 2.21. The number of likely N-dealkylation sites (tertiary alicyclic amines) is 1. The highest BCUT2D eigenvalue weighted by atomic mass is 16.7. The van der Waals surface area contributed by atoms with Crippen molar-refractivity contribution in [2.24, 2.45) is 5.92 Å². The van der Waals surface area contributed by atoms with E-state index in [0.717, 1.165) is 62.6 Å². The summed E-state index contributed by atoms with van der Waals surface area (Å²) in [6, 6.07) is 15.9. The topological polar surface area (TPSA) is 62.3 Å².